The van der Waals surface area contributed by atoms with Crippen LogP contribution in [0.1, 0.15) is 20.7 Å². The standard InChI is InChI=1S/C14H9Cl2FN2O2/c15-10-7-11(16)12(17)6-9(10)14(21)19-18-13(20)8-4-2-1-3-5-8/h1-7H,(H,18,20)(H,19,21). The van der Waals surface area contributed by atoms with E-state index in [9.17, 15) is 14.0 Å². The first-order chi connectivity index (χ1) is 9.99. The van der Waals surface area contributed by atoms with E-state index < -0.39 is 17.6 Å². The minimum absolute atomic E-state index is 0.0205. The number of hydrogen-bond donors (Lipinski definition) is 2. The Bertz CT molecular complexity index is 693. The minimum Gasteiger partial charge on any atom is -0.267 e. The Labute approximate surface area is 129 Å². The zero-order valence-corrected chi connectivity index (χ0v) is 12.0. The fraction of sp³-hybridized carbons (Fsp3) is 0. The van der Waals surface area contributed by atoms with Crippen LogP contribution in [-0.2, 0) is 0 Å². The Hall–Kier alpha value is -2.11. The van der Waals surface area contributed by atoms with Gasteiger partial charge in [-0.1, -0.05) is 41.4 Å². The van der Waals surface area contributed by atoms with Crippen LogP contribution in [0.25, 0.3) is 0 Å². The van der Waals surface area contributed by atoms with Crippen molar-refractivity contribution in [3.05, 3.63) is 69.5 Å². The highest BCUT2D eigenvalue weighted by molar-refractivity contribution is 6.36. The van der Waals surface area contributed by atoms with Crippen LogP contribution in [0.2, 0.25) is 10.0 Å². The van der Waals surface area contributed by atoms with Gasteiger partial charge in [-0.05, 0) is 24.3 Å². The van der Waals surface area contributed by atoms with E-state index in [0.29, 0.717) is 5.56 Å². The monoisotopic (exact) mass is 326 g/mol. The lowest BCUT2D eigenvalue weighted by molar-refractivity contribution is 0.0846. The summed E-state index contributed by atoms with van der Waals surface area (Å²) in [7, 11) is 0. The van der Waals surface area contributed by atoms with Crippen LogP contribution in [0.15, 0.2) is 42.5 Å². The zero-order valence-electron chi connectivity index (χ0n) is 10.5. The lowest BCUT2D eigenvalue weighted by atomic mass is 10.2. The average Bonchev–Trinajstić information content (AvgIpc) is 2.49. The molecule has 0 radical (unpaired) electrons. The van der Waals surface area contributed by atoms with Gasteiger partial charge in [0.2, 0.25) is 0 Å². The highest BCUT2D eigenvalue weighted by Gasteiger charge is 2.15. The van der Waals surface area contributed by atoms with Crippen LogP contribution in [-0.4, -0.2) is 11.8 Å². The fourth-order valence-electron chi connectivity index (χ4n) is 1.54. The number of carbonyl (C=O) groups is 2. The Kier molecular flexibility index (Phi) is 4.77. The van der Waals surface area contributed by atoms with E-state index in [4.69, 9.17) is 23.2 Å². The maximum atomic E-state index is 13.3. The Morgan fingerprint density at radius 1 is 0.905 bits per heavy atom. The number of carbonyl (C=O) groups excluding carboxylic acids is 2. The van der Waals surface area contributed by atoms with Crippen LogP contribution in [0, 0.1) is 5.82 Å². The van der Waals surface area contributed by atoms with Crippen molar-refractivity contribution < 1.29 is 14.0 Å². The topological polar surface area (TPSA) is 58.2 Å². The lowest BCUT2D eigenvalue weighted by Crippen LogP contribution is -2.41. The summed E-state index contributed by atoms with van der Waals surface area (Å²) < 4.78 is 13.3. The molecule has 0 saturated heterocycles. The molecule has 0 unspecified atom stereocenters. The van der Waals surface area contributed by atoms with E-state index in [0.717, 1.165) is 12.1 Å². The van der Waals surface area contributed by atoms with Gasteiger partial charge in [-0.25, -0.2) is 4.39 Å². The van der Waals surface area contributed by atoms with Gasteiger partial charge in [0.05, 0.1) is 15.6 Å². The maximum absolute atomic E-state index is 13.3. The van der Waals surface area contributed by atoms with E-state index in [-0.39, 0.29) is 15.6 Å². The molecule has 21 heavy (non-hydrogen) atoms. The molecule has 0 bridgehead atoms. The molecule has 0 aliphatic heterocycles. The molecular weight excluding hydrogens is 318 g/mol. The summed E-state index contributed by atoms with van der Waals surface area (Å²) >= 11 is 11.3. The summed E-state index contributed by atoms with van der Waals surface area (Å²) in [5.74, 6) is -2.03. The molecule has 0 aliphatic carbocycles. The SMILES string of the molecule is O=C(NNC(=O)c1cc(F)c(Cl)cc1Cl)c1ccccc1. The number of benzene rings is 2. The van der Waals surface area contributed by atoms with E-state index in [1.54, 1.807) is 30.3 Å². The van der Waals surface area contributed by atoms with Crippen molar-refractivity contribution in [2.75, 3.05) is 0 Å². The Morgan fingerprint density at radius 2 is 1.52 bits per heavy atom. The van der Waals surface area contributed by atoms with Gasteiger partial charge >= 0.3 is 0 Å². The summed E-state index contributed by atoms with van der Waals surface area (Å²) in [5, 5.41) is -0.210. The molecule has 2 rings (SSSR count). The van der Waals surface area contributed by atoms with Crippen LogP contribution in [0.4, 0.5) is 4.39 Å². The third kappa shape index (κ3) is 3.71. The minimum atomic E-state index is -0.777. The van der Waals surface area contributed by atoms with Crippen molar-refractivity contribution in [3.63, 3.8) is 0 Å². The second-order valence-electron chi connectivity index (χ2n) is 4.02. The summed E-state index contributed by atoms with van der Waals surface area (Å²) in [5.41, 5.74) is 4.59. The molecule has 7 heteroatoms. The third-order valence-corrected chi connectivity index (χ3v) is 3.18. The highest BCUT2D eigenvalue weighted by atomic mass is 35.5. The van der Waals surface area contributed by atoms with Gasteiger partial charge < -0.3 is 0 Å². The van der Waals surface area contributed by atoms with Gasteiger partial charge in [-0.15, -0.1) is 0 Å². The highest BCUT2D eigenvalue weighted by Crippen LogP contribution is 2.24. The second kappa shape index (κ2) is 6.56. The normalized spacial score (nSPS) is 10.0. The second-order valence-corrected chi connectivity index (χ2v) is 4.83. The van der Waals surface area contributed by atoms with Gasteiger partial charge in [0.15, 0.2) is 0 Å². The molecule has 0 fully saturated rings. The van der Waals surface area contributed by atoms with Crippen molar-refractivity contribution in [1.29, 1.82) is 0 Å². The first-order valence-electron chi connectivity index (χ1n) is 5.79. The smallest absolute Gasteiger partial charge is 0.267 e. The Balaban J connectivity index is 2.06. The number of halogens is 3. The number of hydrogen-bond acceptors (Lipinski definition) is 2. The first-order valence-corrected chi connectivity index (χ1v) is 6.55. The van der Waals surface area contributed by atoms with Gasteiger partial charge in [-0.2, -0.15) is 0 Å². The van der Waals surface area contributed by atoms with E-state index in [1.165, 1.54) is 0 Å². The molecule has 2 amide bonds. The number of rotatable bonds is 2. The average molecular weight is 327 g/mol. The molecule has 0 aliphatic rings. The first kappa shape index (κ1) is 15.3. The summed E-state index contributed by atoms with van der Waals surface area (Å²) in [6.07, 6.45) is 0. The number of amides is 2. The van der Waals surface area contributed by atoms with Crippen LogP contribution in [0.3, 0.4) is 0 Å². The van der Waals surface area contributed by atoms with Crippen molar-refractivity contribution in [2.45, 2.75) is 0 Å². The molecule has 0 atom stereocenters. The molecule has 2 aromatic rings. The molecule has 2 aromatic carbocycles. The lowest BCUT2D eigenvalue weighted by Gasteiger charge is -2.09. The molecule has 4 nitrogen and oxygen atoms in total. The van der Waals surface area contributed by atoms with Crippen molar-refractivity contribution in [3.8, 4) is 0 Å². The molecule has 2 N–H and O–H groups in total. The van der Waals surface area contributed by atoms with Crippen LogP contribution < -0.4 is 10.9 Å². The molecule has 0 aromatic heterocycles. The molecular formula is C14H9Cl2FN2O2. The predicted molar refractivity (Wildman–Crippen MR) is 77.8 cm³/mol. The van der Waals surface area contributed by atoms with Gasteiger partial charge in [0.1, 0.15) is 5.82 Å². The molecule has 0 saturated carbocycles. The number of hydrazine groups is 1. The van der Waals surface area contributed by atoms with Crippen molar-refractivity contribution >= 4 is 35.0 Å². The van der Waals surface area contributed by atoms with Crippen LogP contribution in [0.5, 0.6) is 0 Å². The van der Waals surface area contributed by atoms with Crippen molar-refractivity contribution in [1.82, 2.24) is 10.9 Å². The zero-order chi connectivity index (χ0) is 15.4. The summed E-state index contributed by atoms with van der Waals surface area (Å²) in [4.78, 5) is 23.6. The largest absolute Gasteiger partial charge is 0.271 e. The quantitative estimate of drug-likeness (QED) is 0.657. The van der Waals surface area contributed by atoms with Crippen molar-refractivity contribution in [2.24, 2.45) is 0 Å². The molecule has 0 heterocycles. The third-order valence-electron chi connectivity index (χ3n) is 2.58. The predicted octanol–water partition coefficient (Wildman–Crippen LogP) is 3.21. The molecule has 108 valence electrons. The van der Waals surface area contributed by atoms with Gasteiger partial charge in [0.25, 0.3) is 11.8 Å². The number of nitrogens with one attached hydrogen (secondary N) is 2. The maximum Gasteiger partial charge on any atom is 0.271 e. The van der Waals surface area contributed by atoms with Gasteiger partial charge in [0, 0.05) is 5.56 Å². The Morgan fingerprint density at radius 3 is 2.19 bits per heavy atom. The fourth-order valence-corrected chi connectivity index (χ4v) is 2.01. The van der Waals surface area contributed by atoms with Gasteiger partial charge in [-0.3, -0.25) is 20.4 Å². The van der Waals surface area contributed by atoms with E-state index >= 15 is 0 Å². The van der Waals surface area contributed by atoms with E-state index in [1.807, 2.05) is 0 Å². The summed E-state index contributed by atoms with van der Waals surface area (Å²) in [6.45, 7) is 0. The summed E-state index contributed by atoms with van der Waals surface area (Å²) in [6, 6.07) is 10.3. The van der Waals surface area contributed by atoms with Crippen LogP contribution >= 0.6 is 23.2 Å². The molecule has 0 spiro atoms. The van der Waals surface area contributed by atoms with E-state index in [2.05, 4.69) is 10.9 Å².